The lowest BCUT2D eigenvalue weighted by Gasteiger charge is -2.45. The van der Waals surface area contributed by atoms with Crippen molar-refractivity contribution in [3.63, 3.8) is 0 Å². The molecule has 22 aromatic carbocycles. The molecule has 2 unspecified atom stereocenters. The van der Waals surface area contributed by atoms with Crippen molar-refractivity contribution < 1.29 is 51.1 Å². The normalized spacial score (nSPS) is 16.7. The van der Waals surface area contributed by atoms with E-state index in [1.54, 1.807) is 36.4 Å². The zero-order valence-corrected chi connectivity index (χ0v) is 60.3. The van der Waals surface area contributed by atoms with Crippen LogP contribution in [0, 0.1) is 0 Å². The molecule has 0 bridgehead atoms. The van der Waals surface area contributed by atoms with Crippen LogP contribution in [0.2, 0.25) is 0 Å². The summed E-state index contributed by atoms with van der Waals surface area (Å²) >= 11 is 0. The maximum atomic E-state index is 14.3. The van der Waals surface area contributed by atoms with E-state index in [9.17, 15) is 51.1 Å². The lowest BCUT2D eigenvalue weighted by atomic mass is 9.63. The Kier molecular flexibility index (Phi) is 11.9. The average Bonchev–Trinajstić information content (AvgIpc) is 1.54. The summed E-state index contributed by atoms with van der Waals surface area (Å²) in [4.78, 5) is 0. The highest BCUT2D eigenvalue weighted by Crippen LogP contribution is 2.61. The van der Waals surface area contributed by atoms with Gasteiger partial charge in [0.15, 0.2) is 0 Å². The Morgan fingerprint density at radius 1 is 0.167 bits per heavy atom. The maximum Gasteiger partial charge on any atom is 0.141 e. The summed E-state index contributed by atoms with van der Waals surface area (Å²) in [6, 6.07) is 96.0. The van der Waals surface area contributed by atoms with E-state index in [1.165, 1.54) is 24.3 Å². The maximum absolute atomic E-state index is 14.3. The Bertz CT molecular complexity index is 7510. The zero-order chi connectivity index (χ0) is 76.2. The first-order chi connectivity index (χ1) is 55.5. The lowest BCUT2D eigenvalue weighted by molar-refractivity contribution is 0.0745. The highest BCUT2D eigenvalue weighted by molar-refractivity contribution is 6.33. The van der Waals surface area contributed by atoms with Crippen LogP contribution in [0.5, 0.6) is 34.5 Å². The van der Waals surface area contributed by atoms with Gasteiger partial charge < -0.3 is 51.1 Å². The van der Waals surface area contributed by atoms with Crippen molar-refractivity contribution >= 4 is 129 Å². The first-order valence-electron chi connectivity index (χ1n) is 38.2. The number of phenols is 6. The fourth-order valence-corrected chi connectivity index (χ4v) is 21.7. The van der Waals surface area contributed by atoms with E-state index >= 15 is 0 Å². The van der Waals surface area contributed by atoms with Crippen molar-refractivity contribution in [1.29, 1.82) is 0 Å². The minimum absolute atomic E-state index is 0.0120. The van der Waals surface area contributed by atoms with Gasteiger partial charge in [0.1, 0.15) is 56.9 Å². The van der Waals surface area contributed by atoms with Crippen LogP contribution in [0.3, 0.4) is 0 Å². The molecule has 0 spiro atoms. The highest BCUT2D eigenvalue weighted by Gasteiger charge is 2.53. The molecule has 22 aromatic rings. The summed E-state index contributed by atoms with van der Waals surface area (Å²) in [5.41, 5.74) is 5.29. The molecular weight excluding hydrogens is 1410 g/mol. The fourth-order valence-electron chi connectivity index (χ4n) is 21.7. The van der Waals surface area contributed by atoms with Crippen LogP contribution in [0.1, 0.15) is 66.8 Å². The monoisotopic (exact) mass is 1470 g/mol. The first-order valence-corrected chi connectivity index (χ1v) is 38.2. The second-order valence-electron chi connectivity index (χ2n) is 31.9. The van der Waals surface area contributed by atoms with E-state index in [0.29, 0.717) is 44.2 Å². The molecule has 3 aliphatic carbocycles. The van der Waals surface area contributed by atoms with Gasteiger partial charge in [-0.1, -0.05) is 206 Å². The van der Waals surface area contributed by atoms with Crippen molar-refractivity contribution in [2.24, 2.45) is 0 Å². The summed E-state index contributed by atoms with van der Waals surface area (Å²) in [7, 11) is 0. The lowest BCUT2D eigenvalue weighted by Crippen LogP contribution is -2.44. The van der Waals surface area contributed by atoms with Gasteiger partial charge in [-0.05, 0) is 282 Å². The molecule has 0 heterocycles. The first kappa shape index (κ1) is 63.4. The van der Waals surface area contributed by atoms with Crippen LogP contribution < -0.4 is 0 Å². The van der Waals surface area contributed by atoms with E-state index in [4.69, 9.17) is 0 Å². The molecule has 3 aliphatic rings. The topological polar surface area (TPSA) is 202 Å². The van der Waals surface area contributed by atoms with Gasteiger partial charge in [0.25, 0.3) is 0 Å². The molecule has 25 rings (SSSR count). The van der Waals surface area contributed by atoms with Crippen molar-refractivity contribution in [2.75, 3.05) is 0 Å². The Hall–Kier alpha value is -14.4. The summed E-state index contributed by atoms with van der Waals surface area (Å²) in [6.45, 7) is 0. The third-order valence-electron chi connectivity index (χ3n) is 26.4. The summed E-state index contributed by atoms with van der Waals surface area (Å²) in [5, 5.41) is 147. The number of fused-ring (bicyclic) bond motifs is 8. The number of rotatable bonds is 6. The largest absolute Gasteiger partial charge is 0.508 e. The molecule has 0 aliphatic heterocycles. The number of phenolic OH excluding ortho intramolecular Hbond substituents is 6. The smallest absolute Gasteiger partial charge is 0.141 e. The van der Waals surface area contributed by atoms with Crippen LogP contribution >= 0.6 is 0 Å². The summed E-state index contributed by atoms with van der Waals surface area (Å²) < 4.78 is 0. The van der Waals surface area contributed by atoms with Gasteiger partial charge in [-0.25, -0.2) is 0 Å². The van der Waals surface area contributed by atoms with Gasteiger partial charge in [-0.2, -0.15) is 0 Å². The van der Waals surface area contributed by atoms with Gasteiger partial charge in [0.05, 0.1) is 0 Å². The van der Waals surface area contributed by atoms with Gasteiger partial charge in [-0.3, -0.25) is 0 Å². The molecule has 0 aromatic heterocycles. The molecule has 10 heteroatoms. The second kappa shape index (κ2) is 21.4. The van der Waals surface area contributed by atoms with Gasteiger partial charge >= 0.3 is 0 Å². The van der Waals surface area contributed by atoms with Crippen molar-refractivity contribution in [1.82, 2.24) is 0 Å². The van der Waals surface area contributed by atoms with E-state index in [0.717, 1.165) is 174 Å². The summed E-state index contributed by atoms with van der Waals surface area (Å²) in [5.74, 6) is -0.382. The Balaban J connectivity index is 0.615. The van der Waals surface area contributed by atoms with Crippen molar-refractivity contribution in [3.05, 3.63) is 370 Å². The Labute approximate surface area is 647 Å². The van der Waals surface area contributed by atoms with Gasteiger partial charge in [-0.15, -0.1) is 0 Å². The van der Waals surface area contributed by atoms with E-state index in [2.05, 4.69) is 48.5 Å². The van der Waals surface area contributed by atoms with Gasteiger partial charge in [0, 0.05) is 55.6 Å². The number of benzene rings is 22. The SMILES string of the molecule is Oc1ccc2c(c1)C(O)(c1cc3ccc4cc(O)c(-c5c(O)cc6ccc7cc(C8(O)c9ccccc9-c9ccccc98)cc8ccc5c6c78)c5ccc(c1)c3c45)c1ccc(O)cc1C2(O)c1cc2ccc3cc(O)c(-c4c(O)cc5ccc6cc(C7(O)c8ccccc8-c8ccccc87)cc7ccc4c5c67)c4ccc(c1)c2c34. The van der Waals surface area contributed by atoms with Crippen LogP contribution in [-0.4, -0.2) is 51.1 Å². The quantitative estimate of drug-likeness (QED) is 0.0714. The van der Waals surface area contributed by atoms with Crippen LogP contribution in [0.25, 0.3) is 174 Å². The fraction of sp³-hybridized carbons (Fsp3) is 0.0385. The molecule has 0 amide bonds. The molecule has 0 saturated heterocycles. The molecule has 10 N–H and O–H groups in total. The van der Waals surface area contributed by atoms with E-state index in [-0.39, 0.29) is 56.8 Å². The minimum Gasteiger partial charge on any atom is -0.508 e. The Morgan fingerprint density at radius 2 is 0.368 bits per heavy atom. The van der Waals surface area contributed by atoms with Gasteiger partial charge in [0.2, 0.25) is 0 Å². The third-order valence-corrected chi connectivity index (χ3v) is 26.4. The van der Waals surface area contributed by atoms with Crippen molar-refractivity contribution in [3.8, 4) is 79.0 Å². The van der Waals surface area contributed by atoms with Crippen LogP contribution in [0.15, 0.2) is 303 Å². The predicted octanol–water partition coefficient (Wildman–Crippen LogP) is 22.3. The minimum atomic E-state index is -2.08. The number of hydrogen-bond donors (Lipinski definition) is 10. The Morgan fingerprint density at radius 3 is 0.605 bits per heavy atom. The molecule has 0 radical (unpaired) electrons. The molecular formula is C104H60O10. The predicted molar refractivity (Wildman–Crippen MR) is 454 cm³/mol. The van der Waals surface area contributed by atoms with E-state index < -0.39 is 22.4 Å². The molecule has 536 valence electrons. The van der Waals surface area contributed by atoms with E-state index in [1.807, 2.05) is 194 Å². The van der Waals surface area contributed by atoms with Crippen LogP contribution in [0.4, 0.5) is 0 Å². The highest BCUT2D eigenvalue weighted by atomic mass is 16.3. The zero-order valence-electron chi connectivity index (χ0n) is 60.3. The molecule has 10 nitrogen and oxygen atoms in total. The molecule has 114 heavy (non-hydrogen) atoms. The average molecular weight is 1470 g/mol. The number of aromatic hydroxyl groups is 6. The number of hydrogen-bond acceptors (Lipinski definition) is 10. The molecule has 0 saturated carbocycles. The number of aliphatic hydroxyl groups is 4. The molecule has 0 fully saturated rings. The molecule has 2 atom stereocenters. The van der Waals surface area contributed by atoms with Crippen molar-refractivity contribution in [2.45, 2.75) is 22.4 Å². The van der Waals surface area contributed by atoms with Crippen LogP contribution in [-0.2, 0) is 22.4 Å². The summed E-state index contributed by atoms with van der Waals surface area (Å²) in [6.07, 6.45) is 0. The second-order valence-corrected chi connectivity index (χ2v) is 31.9. The third kappa shape index (κ3) is 7.72. The standard InChI is InChI=1S/C104H60O10/c105-67-30-36-82-83(49-67)103(113,65-39-53-19-23-61-47-87(109)99(75-33-27-57(43-65)91(53)95(61)75)97-73-31-25-55-41-63(37-51-17-21-59(45-85(97)107)93(73)89(51)55)101(111)77-13-5-1-9-69(77)70-10-2-6-14-78(70)101)81-35-29-68(106)50-84(81)104(82,114)66-40-54-20-24-62-48-88(110)100(76-34-28-58(44-66)92(54)96(62)76)98-74-32-26-56-42-64(38-52-18-22-60(46-86(98)108)94(74)90(52)56)102(112)79-15-7-3-11-71(79)72-12-4-8-16-80(72)102/h1-50,105-114H.